The largest absolute Gasteiger partial charge is 0.368 e. The van der Waals surface area contributed by atoms with Crippen LogP contribution < -0.4 is 0 Å². The van der Waals surface area contributed by atoms with E-state index in [0.29, 0.717) is 6.42 Å². The Morgan fingerprint density at radius 1 is 1.33 bits per heavy atom. The van der Waals surface area contributed by atoms with E-state index in [1.165, 1.54) is 4.88 Å². The van der Waals surface area contributed by atoms with E-state index in [1.54, 1.807) is 11.3 Å². The summed E-state index contributed by atoms with van der Waals surface area (Å²) in [5.41, 5.74) is 0. The molecule has 0 aliphatic heterocycles. The van der Waals surface area contributed by atoms with Crippen LogP contribution in [0.1, 0.15) is 24.1 Å². The topological polar surface area (TPSA) is 40.5 Å². The van der Waals surface area contributed by atoms with Gasteiger partial charge in [-0.3, -0.25) is 0 Å². The molecular weight excluding hydrogens is 172 g/mol. The minimum absolute atomic E-state index is 0.491. The molecule has 0 spiro atoms. The lowest BCUT2D eigenvalue weighted by molar-refractivity contribution is -0.0464. The van der Waals surface area contributed by atoms with Crippen molar-refractivity contribution < 1.29 is 10.2 Å². The van der Waals surface area contributed by atoms with E-state index < -0.39 is 6.29 Å². The predicted octanol–water partition coefficient (Wildman–Crippen LogP) is 1.77. The molecule has 1 aromatic rings. The second-order valence-corrected chi connectivity index (χ2v) is 3.84. The lowest BCUT2D eigenvalue weighted by Crippen LogP contribution is -2.03. The third-order valence-electron chi connectivity index (χ3n) is 1.72. The maximum absolute atomic E-state index is 8.57. The fourth-order valence-electron chi connectivity index (χ4n) is 1.08. The molecule has 68 valence electrons. The second kappa shape index (κ2) is 5.30. The van der Waals surface area contributed by atoms with Crippen molar-refractivity contribution in [3.8, 4) is 0 Å². The van der Waals surface area contributed by atoms with Gasteiger partial charge in [0.1, 0.15) is 0 Å². The number of hydrogen-bond acceptors (Lipinski definition) is 3. The van der Waals surface area contributed by atoms with Crippen molar-refractivity contribution in [2.24, 2.45) is 0 Å². The summed E-state index contributed by atoms with van der Waals surface area (Å²) < 4.78 is 0. The number of aryl methyl sites for hydroxylation is 1. The van der Waals surface area contributed by atoms with Crippen LogP contribution in [0.4, 0.5) is 0 Å². The first kappa shape index (κ1) is 9.71. The zero-order valence-electron chi connectivity index (χ0n) is 6.94. The molecular formula is C9H14O2S. The molecule has 0 saturated carbocycles. The van der Waals surface area contributed by atoms with Crippen molar-refractivity contribution in [1.82, 2.24) is 0 Å². The Kier molecular flexibility index (Phi) is 4.29. The zero-order valence-corrected chi connectivity index (χ0v) is 7.76. The third kappa shape index (κ3) is 3.85. The van der Waals surface area contributed by atoms with Gasteiger partial charge < -0.3 is 10.2 Å². The number of aliphatic hydroxyl groups excluding tert-OH is 1. The molecule has 0 bridgehead atoms. The van der Waals surface area contributed by atoms with Gasteiger partial charge in [0, 0.05) is 4.88 Å². The number of aliphatic hydroxyl groups is 2. The van der Waals surface area contributed by atoms with Crippen LogP contribution in [0, 0.1) is 0 Å². The molecule has 0 aliphatic rings. The number of thiophene rings is 1. The van der Waals surface area contributed by atoms with Crippen molar-refractivity contribution in [2.75, 3.05) is 0 Å². The van der Waals surface area contributed by atoms with Crippen LogP contribution in [0.2, 0.25) is 0 Å². The molecule has 2 N–H and O–H groups in total. The second-order valence-electron chi connectivity index (χ2n) is 2.81. The summed E-state index contributed by atoms with van der Waals surface area (Å²) in [5, 5.41) is 19.2. The highest BCUT2D eigenvalue weighted by Gasteiger charge is 1.97. The first-order chi connectivity index (χ1) is 5.79. The third-order valence-corrected chi connectivity index (χ3v) is 2.65. The SMILES string of the molecule is OC(O)CCCCc1cccs1. The van der Waals surface area contributed by atoms with Gasteiger partial charge in [0.2, 0.25) is 0 Å². The number of unbranched alkanes of at least 4 members (excludes halogenated alkanes) is 1. The first-order valence-corrected chi connectivity index (χ1v) is 5.05. The Morgan fingerprint density at radius 2 is 2.17 bits per heavy atom. The van der Waals surface area contributed by atoms with Gasteiger partial charge in [-0.05, 0) is 37.1 Å². The van der Waals surface area contributed by atoms with Crippen molar-refractivity contribution in [2.45, 2.75) is 32.0 Å². The molecule has 0 radical (unpaired) electrons. The Labute approximate surface area is 76.5 Å². The van der Waals surface area contributed by atoms with E-state index in [1.807, 2.05) is 6.07 Å². The standard InChI is InChI=1S/C9H14O2S/c10-9(11)6-2-1-4-8-5-3-7-12-8/h3,5,7,9-11H,1-2,4,6H2. The van der Waals surface area contributed by atoms with Gasteiger partial charge in [0.05, 0.1) is 0 Å². The highest BCUT2D eigenvalue weighted by Crippen LogP contribution is 2.12. The fraction of sp³-hybridized carbons (Fsp3) is 0.556. The quantitative estimate of drug-likeness (QED) is 0.543. The Hall–Kier alpha value is -0.380. The average molecular weight is 186 g/mol. The van der Waals surface area contributed by atoms with Crippen LogP contribution in [-0.2, 0) is 6.42 Å². The molecule has 0 unspecified atom stereocenters. The predicted molar refractivity (Wildman–Crippen MR) is 50.1 cm³/mol. The van der Waals surface area contributed by atoms with Crippen LogP contribution in [0.15, 0.2) is 17.5 Å². The van der Waals surface area contributed by atoms with E-state index in [2.05, 4.69) is 11.4 Å². The zero-order chi connectivity index (χ0) is 8.81. The van der Waals surface area contributed by atoms with E-state index >= 15 is 0 Å². The van der Waals surface area contributed by atoms with Gasteiger partial charge in [-0.15, -0.1) is 11.3 Å². The van der Waals surface area contributed by atoms with Gasteiger partial charge in [-0.1, -0.05) is 6.07 Å². The highest BCUT2D eigenvalue weighted by atomic mass is 32.1. The lowest BCUT2D eigenvalue weighted by atomic mass is 10.2. The summed E-state index contributed by atoms with van der Waals surface area (Å²) in [5.74, 6) is 0. The molecule has 1 rings (SSSR count). The summed E-state index contributed by atoms with van der Waals surface area (Å²) in [7, 11) is 0. The van der Waals surface area contributed by atoms with Gasteiger partial charge in [0.25, 0.3) is 0 Å². The normalized spacial score (nSPS) is 10.9. The molecule has 0 aliphatic carbocycles. The molecule has 1 heterocycles. The van der Waals surface area contributed by atoms with Crippen LogP contribution in [-0.4, -0.2) is 16.5 Å². The maximum Gasteiger partial charge on any atom is 0.151 e. The average Bonchev–Trinajstić information content (AvgIpc) is 2.49. The molecule has 0 fully saturated rings. The molecule has 0 atom stereocenters. The summed E-state index contributed by atoms with van der Waals surface area (Å²) >= 11 is 1.76. The summed E-state index contributed by atoms with van der Waals surface area (Å²) in [6, 6.07) is 4.15. The molecule has 0 aromatic carbocycles. The molecule has 0 saturated heterocycles. The van der Waals surface area contributed by atoms with Gasteiger partial charge >= 0.3 is 0 Å². The Bertz CT molecular complexity index is 194. The van der Waals surface area contributed by atoms with Crippen LogP contribution in [0.5, 0.6) is 0 Å². The van der Waals surface area contributed by atoms with Crippen LogP contribution >= 0.6 is 11.3 Å². The van der Waals surface area contributed by atoms with E-state index in [-0.39, 0.29) is 0 Å². The molecule has 1 aromatic heterocycles. The molecule has 12 heavy (non-hydrogen) atoms. The Morgan fingerprint density at radius 3 is 2.75 bits per heavy atom. The number of hydrogen-bond donors (Lipinski definition) is 2. The molecule has 3 heteroatoms. The van der Waals surface area contributed by atoms with Gasteiger partial charge in [-0.25, -0.2) is 0 Å². The van der Waals surface area contributed by atoms with Crippen molar-refractivity contribution in [3.63, 3.8) is 0 Å². The fourth-order valence-corrected chi connectivity index (χ4v) is 1.83. The van der Waals surface area contributed by atoms with Crippen molar-refractivity contribution in [1.29, 1.82) is 0 Å². The smallest absolute Gasteiger partial charge is 0.151 e. The van der Waals surface area contributed by atoms with Crippen molar-refractivity contribution >= 4 is 11.3 Å². The van der Waals surface area contributed by atoms with Gasteiger partial charge in [0.15, 0.2) is 6.29 Å². The summed E-state index contributed by atoms with van der Waals surface area (Å²) in [6.07, 6.45) is 2.34. The van der Waals surface area contributed by atoms with E-state index in [9.17, 15) is 0 Å². The first-order valence-electron chi connectivity index (χ1n) is 4.17. The minimum Gasteiger partial charge on any atom is -0.368 e. The summed E-state index contributed by atoms with van der Waals surface area (Å²) in [4.78, 5) is 1.38. The monoisotopic (exact) mass is 186 g/mol. The maximum atomic E-state index is 8.57. The lowest BCUT2D eigenvalue weighted by Gasteiger charge is -2.01. The molecule has 2 nitrogen and oxygen atoms in total. The highest BCUT2D eigenvalue weighted by molar-refractivity contribution is 7.09. The van der Waals surface area contributed by atoms with Crippen LogP contribution in [0.3, 0.4) is 0 Å². The van der Waals surface area contributed by atoms with Crippen LogP contribution in [0.25, 0.3) is 0 Å². The van der Waals surface area contributed by atoms with Crippen molar-refractivity contribution in [3.05, 3.63) is 22.4 Å². The Balaban J connectivity index is 2.04. The molecule has 0 amide bonds. The number of rotatable bonds is 5. The minimum atomic E-state index is -1.13. The summed E-state index contributed by atoms with van der Waals surface area (Å²) in [6.45, 7) is 0. The van der Waals surface area contributed by atoms with E-state index in [4.69, 9.17) is 10.2 Å². The van der Waals surface area contributed by atoms with E-state index in [0.717, 1.165) is 19.3 Å². The van der Waals surface area contributed by atoms with Gasteiger partial charge in [-0.2, -0.15) is 0 Å².